The Balaban J connectivity index is 1.46. The maximum absolute atomic E-state index is 10.0. The van der Waals surface area contributed by atoms with E-state index in [-0.39, 0.29) is 0 Å². The summed E-state index contributed by atoms with van der Waals surface area (Å²) in [6.07, 6.45) is 0.765. The summed E-state index contributed by atoms with van der Waals surface area (Å²) in [5, 5.41) is 13.3. The first-order chi connectivity index (χ1) is 9.74. The molecule has 1 aliphatic carbocycles. The van der Waals surface area contributed by atoms with Crippen LogP contribution in [-0.4, -0.2) is 11.7 Å². The molecule has 0 saturated heterocycles. The summed E-state index contributed by atoms with van der Waals surface area (Å²) in [6.45, 7) is 3.44. The fourth-order valence-electron chi connectivity index (χ4n) is 2.53. The van der Waals surface area contributed by atoms with Gasteiger partial charge in [0.1, 0.15) is 11.5 Å². The summed E-state index contributed by atoms with van der Waals surface area (Å²) in [5.74, 6) is 3.44. The zero-order chi connectivity index (χ0) is 13.9. The summed E-state index contributed by atoms with van der Waals surface area (Å²) >= 11 is 0. The van der Waals surface area contributed by atoms with Crippen molar-refractivity contribution >= 4 is 0 Å². The average Bonchev–Trinajstić information content (AvgIpc) is 3.01. The first-order valence-corrected chi connectivity index (χ1v) is 7.26. The molecule has 106 valence electrons. The lowest BCUT2D eigenvalue weighted by molar-refractivity contribution is 0.173. The van der Waals surface area contributed by atoms with Crippen molar-refractivity contribution in [1.29, 1.82) is 0 Å². The second-order valence-electron chi connectivity index (χ2n) is 5.68. The number of furan rings is 1. The Labute approximate surface area is 119 Å². The van der Waals surface area contributed by atoms with Gasteiger partial charge in [-0.15, -0.1) is 0 Å². The fourth-order valence-corrected chi connectivity index (χ4v) is 2.53. The summed E-state index contributed by atoms with van der Waals surface area (Å²) in [4.78, 5) is 0. The molecule has 0 aliphatic heterocycles. The van der Waals surface area contributed by atoms with Gasteiger partial charge in [-0.3, -0.25) is 0 Å². The molecule has 0 spiro atoms. The highest BCUT2D eigenvalue weighted by atomic mass is 16.3. The van der Waals surface area contributed by atoms with Crippen molar-refractivity contribution in [2.24, 2.45) is 5.92 Å². The highest BCUT2D eigenvalue weighted by Gasteiger charge is 2.36. The van der Waals surface area contributed by atoms with Crippen molar-refractivity contribution < 1.29 is 9.52 Å². The predicted octanol–water partition coefficient (Wildman–Crippen LogP) is 3.23. The van der Waals surface area contributed by atoms with Gasteiger partial charge < -0.3 is 14.8 Å². The molecule has 2 N–H and O–H groups in total. The minimum Gasteiger partial charge on any atom is -0.464 e. The quantitative estimate of drug-likeness (QED) is 0.848. The van der Waals surface area contributed by atoms with Crippen molar-refractivity contribution in [1.82, 2.24) is 5.32 Å². The van der Waals surface area contributed by atoms with E-state index in [2.05, 4.69) is 18.3 Å². The van der Waals surface area contributed by atoms with Gasteiger partial charge in [0.2, 0.25) is 0 Å². The number of benzene rings is 1. The lowest BCUT2D eigenvalue weighted by Crippen LogP contribution is -2.20. The largest absolute Gasteiger partial charge is 0.464 e. The number of aliphatic hydroxyl groups excluding tert-OH is 1. The van der Waals surface area contributed by atoms with E-state index in [0.717, 1.165) is 23.0 Å². The van der Waals surface area contributed by atoms with Crippen LogP contribution in [0.25, 0.3) is 0 Å². The third-order valence-corrected chi connectivity index (χ3v) is 3.98. The molecule has 3 rings (SSSR count). The topological polar surface area (TPSA) is 45.4 Å². The minimum absolute atomic E-state index is 0.478. The van der Waals surface area contributed by atoms with Crippen LogP contribution in [-0.2, 0) is 6.54 Å². The Morgan fingerprint density at radius 3 is 2.70 bits per heavy atom. The molecule has 1 aliphatic rings. The third-order valence-electron chi connectivity index (χ3n) is 3.98. The summed E-state index contributed by atoms with van der Waals surface area (Å²) in [5.41, 5.74) is 0.937. The molecule has 2 aromatic rings. The van der Waals surface area contributed by atoms with Crippen LogP contribution < -0.4 is 5.32 Å². The molecular formula is C17H21NO2. The van der Waals surface area contributed by atoms with Gasteiger partial charge >= 0.3 is 0 Å². The van der Waals surface area contributed by atoms with E-state index in [1.807, 2.05) is 36.4 Å². The predicted molar refractivity (Wildman–Crippen MR) is 78.3 cm³/mol. The van der Waals surface area contributed by atoms with E-state index < -0.39 is 6.10 Å². The van der Waals surface area contributed by atoms with E-state index in [9.17, 15) is 5.11 Å². The van der Waals surface area contributed by atoms with Crippen LogP contribution in [0.15, 0.2) is 46.9 Å². The van der Waals surface area contributed by atoms with E-state index in [4.69, 9.17) is 4.42 Å². The minimum atomic E-state index is -0.478. The number of aliphatic hydroxyl groups is 1. The highest BCUT2D eigenvalue weighted by Crippen LogP contribution is 2.47. The Morgan fingerprint density at radius 2 is 2.00 bits per heavy atom. The van der Waals surface area contributed by atoms with Crippen molar-refractivity contribution in [2.75, 3.05) is 6.54 Å². The Bertz CT molecular complexity index is 549. The molecule has 20 heavy (non-hydrogen) atoms. The molecular weight excluding hydrogens is 250 g/mol. The van der Waals surface area contributed by atoms with Crippen LogP contribution in [0.2, 0.25) is 0 Å². The lowest BCUT2D eigenvalue weighted by Gasteiger charge is -2.11. The average molecular weight is 271 g/mol. The van der Waals surface area contributed by atoms with Crippen LogP contribution in [0.3, 0.4) is 0 Å². The van der Waals surface area contributed by atoms with E-state index in [1.54, 1.807) is 0 Å². The second-order valence-corrected chi connectivity index (χ2v) is 5.68. The monoisotopic (exact) mass is 271 g/mol. The number of hydrogen-bond donors (Lipinski definition) is 2. The van der Waals surface area contributed by atoms with Gasteiger partial charge in [0.15, 0.2) is 0 Å². The number of rotatable bonds is 6. The molecule has 3 heteroatoms. The van der Waals surface area contributed by atoms with Crippen LogP contribution in [0, 0.1) is 5.92 Å². The summed E-state index contributed by atoms with van der Waals surface area (Å²) in [7, 11) is 0. The smallest absolute Gasteiger partial charge is 0.117 e. The zero-order valence-electron chi connectivity index (χ0n) is 11.8. The van der Waals surface area contributed by atoms with Gasteiger partial charge in [0.05, 0.1) is 12.6 Å². The molecule has 1 saturated carbocycles. The maximum atomic E-state index is 10.0. The molecule has 0 radical (unpaired) electrons. The second kappa shape index (κ2) is 5.81. The highest BCUT2D eigenvalue weighted by molar-refractivity contribution is 5.18. The standard InChI is InChI=1S/C17H21NO2/c1-12-9-15(12)17-8-7-14(20-17)10-18-11-16(19)13-5-3-2-4-6-13/h2-8,12,15-16,18-19H,9-11H2,1H3. The third kappa shape index (κ3) is 3.11. The van der Waals surface area contributed by atoms with E-state index in [0.29, 0.717) is 19.0 Å². The fraction of sp³-hybridized carbons (Fsp3) is 0.412. The Morgan fingerprint density at radius 1 is 1.25 bits per heavy atom. The van der Waals surface area contributed by atoms with Gasteiger partial charge in [-0.25, -0.2) is 0 Å². The SMILES string of the molecule is CC1CC1c1ccc(CNCC(O)c2ccccc2)o1. The first-order valence-electron chi connectivity index (χ1n) is 7.26. The maximum Gasteiger partial charge on any atom is 0.117 e. The first kappa shape index (κ1) is 13.4. The van der Waals surface area contributed by atoms with Crippen molar-refractivity contribution in [2.45, 2.75) is 31.9 Å². The van der Waals surface area contributed by atoms with Gasteiger partial charge in [0, 0.05) is 12.5 Å². The zero-order valence-corrected chi connectivity index (χ0v) is 11.8. The molecule has 3 atom stereocenters. The van der Waals surface area contributed by atoms with Crippen molar-refractivity contribution in [3.05, 3.63) is 59.5 Å². The molecule has 1 aromatic carbocycles. The molecule has 0 bridgehead atoms. The number of hydrogen-bond acceptors (Lipinski definition) is 3. The molecule has 0 amide bonds. The van der Waals surface area contributed by atoms with E-state index >= 15 is 0 Å². The molecule has 1 aromatic heterocycles. The molecule has 1 fully saturated rings. The van der Waals surface area contributed by atoms with Gasteiger partial charge in [0.25, 0.3) is 0 Å². The van der Waals surface area contributed by atoms with Crippen LogP contribution in [0.4, 0.5) is 0 Å². The van der Waals surface area contributed by atoms with Crippen molar-refractivity contribution in [3.63, 3.8) is 0 Å². The van der Waals surface area contributed by atoms with Gasteiger partial charge in [-0.1, -0.05) is 37.3 Å². The Kier molecular flexibility index (Phi) is 3.90. The summed E-state index contributed by atoms with van der Waals surface area (Å²) in [6, 6.07) is 13.8. The molecule has 3 nitrogen and oxygen atoms in total. The van der Waals surface area contributed by atoms with Gasteiger partial charge in [-0.2, -0.15) is 0 Å². The van der Waals surface area contributed by atoms with Crippen LogP contribution in [0.1, 0.15) is 42.5 Å². The Hall–Kier alpha value is -1.58. The van der Waals surface area contributed by atoms with Crippen molar-refractivity contribution in [3.8, 4) is 0 Å². The normalized spacial score (nSPS) is 22.7. The number of nitrogens with one attached hydrogen (secondary N) is 1. The summed E-state index contributed by atoms with van der Waals surface area (Å²) < 4.78 is 5.82. The van der Waals surface area contributed by atoms with Gasteiger partial charge in [-0.05, 0) is 30.0 Å². The molecule has 1 heterocycles. The van der Waals surface area contributed by atoms with E-state index in [1.165, 1.54) is 6.42 Å². The van der Waals surface area contributed by atoms with Crippen LogP contribution in [0.5, 0.6) is 0 Å². The van der Waals surface area contributed by atoms with Crippen LogP contribution >= 0.6 is 0 Å². The lowest BCUT2D eigenvalue weighted by atomic mass is 10.1. The molecule has 3 unspecified atom stereocenters.